The molecule has 1 heterocycles. The summed E-state index contributed by atoms with van der Waals surface area (Å²) < 4.78 is 19.4. The maximum Gasteiger partial charge on any atom is 0.287 e. The fraction of sp³-hybridized carbons (Fsp3) is 0.406. The van der Waals surface area contributed by atoms with Crippen LogP contribution in [0.2, 0.25) is 0 Å². The van der Waals surface area contributed by atoms with Gasteiger partial charge in [0, 0.05) is 43.5 Å². The second-order valence-corrected chi connectivity index (χ2v) is 11.0. The van der Waals surface area contributed by atoms with Crippen LogP contribution >= 0.6 is 0 Å². The summed E-state index contributed by atoms with van der Waals surface area (Å²) in [6.07, 6.45) is 6.05. The van der Waals surface area contributed by atoms with Gasteiger partial charge in [-0.25, -0.2) is 4.39 Å². The van der Waals surface area contributed by atoms with Crippen molar-refractivity contribution in [2.24, 2.45) is 5.92 Å². The minimum atomic E-state index is -0.725. The number of anilines is 1. The van der Waals surface area contributed by atoms with Crippen molar-refractivity contribution in [2.45, 2.75) is 57.5 Å². The van der Waals surface area contributed by atoms with Crippen molar-refractivity contribution in [3.8, 4) is 11.3 Å². The molecular weight excluding hydrogens is 523 g/mol. The molecule has 0 unspecified atom stereocenters. The monoisotopic (exact) mass is 562 g/mol. The number of carbonyl (C=O) groups excluding carboxylic acids is 3. The third kappa shape index (κ3) is 8.42. The Morgan fingerprint density at radius 1 is 0.976 bits per heavy atom. The molecule has 0 radical (unpaired) electrons. The first-order chi connectivity index (χ1) is 19.7. The summed E-state index contributed by atoms with van der Waals surface area (Å²) in [7, 11) is 3.41. The summed E-state index contributed by atoms with van der Waals surface area (Å²) in [5.74, 6) is -0.442. The van der Waals surface area contributed by atoms with Crippen LogP contribution in [-0.4, -0.2) is 55.3 Å². The smallest absolute Gasteiger partial charge is 0.287 e. The Bertz CT molecular complexity index is 1350. The molecule has 0 saturated heterocycles. The Morgan fingerprint density at radius 3 is 2.46 bits per heavy atom. The van der Waals surface area contributed by atoms with Crippen LogP contribution in [0.15, 0.2) is 65.1 Å². The minimum absolute atomic E-state index is 0.0626. The van der Waals surface area contributed by atoms with E-state index >= 15 is 0 Å². The van der Waals surface area contributed by atoms with Gasteiger partial charge in [0.05, 0.1) is 0 Å². The zero-order valence-electron chi connectivity index (χ0n) is 23.9. The molecule has 0 bridgehead atoms. The number of benzene rings is 2. The van der Waals surface area contributed by atoms with E-state index in [0.717, 1.165) is 31.4 Å². The molecular formula is C32H39FN4O4. The van der Waals surface area contributed by atoms with E-state index in [-0.39, 0.29) is 23.6 Å². The molecule has 1 fully saturated rings. The summed E-state index contributed by atoms with van der Waals surface area (Å²) in [6, 6.07) is 15.4. The first kappa shape index (κ1) is 29.8. The largest absolute Gasteiger partial charge is 0.451 e. The number of amides is 3. The third-order valence-electron chi connectivity index (χ3n) is 7.37. The first-order valence-electron chi connectivity index (χ1n) is 14.2. The molecule has 41 heavy (non-hydrogen) atoms. The molecule has 1 aromatic heterocycles. The van der Waals surface area contributed by atoms with Gasteiger partial charge in [0.2, 0.25) is 5.91 Å². The number of nitrogens with zero attached hydrogens (tertiary/aromatic N) is 1. The van der Waals surface area contributed by atoms with Gasteiger partial charge in [0.1, 0.15) is 17.6 Å². The maximum absolute atomic E-state index is 13.7. The topological polar surface area (TPSA) is 104 Å². The molecule has 0 spiro atoms. The zero-order chi connectivity index (χ0) is 29.4. The number of halogens is 1. The lowest BCUT2D eigenvalue weighted by atomic mass is 9.84. The fourth-order valence-corrected chi connectivity index (χ4v) is 5.16. The SMILES string of the molecule is C[C@@H](CNc1cccc(C(=O)N(C)C)c1)NC(=O)[C@H](CC1CCCCC1)NC(=O)c1ccc(-c2cccc(F)c2)o1. The second-order valence-electron chi connectivity index (χ2n) is 11.0. The fourth-order valence-electron chi connectivity index (χ4n) is 5.16. The summed E-state index contributed by atoms with van der Waals surface area (Å²) in [5, 5.41) is 9.19. The molecule has 218 valence electrons. The van der Waals surface area contributed by atoms with Gasteiger partial charge >= 0.3 is 0 Å². The van der Waals surface area contributed by atoms with E-state index in [0.29, 0.717) is 35.8 Å². The highest BCUT2D eigenvalue weighted by atomic mass is 19.1. The van der Waals surface area contributed by atoms with Gasteiger partial charge in [0.15, 0.2) is 5.76 Å². The predicted molar refractivity (Wildman–Crippen MR) is 157 cm³/mol. The van der Waals surface area contributed by atoms with Crippen molar-refractivity contribution in [3.63, 3.8) is 0 Å². The number of carbonyl (C=O) groups is 3. The van der Waals surface area contributed by atoms with Gasteiger partial charge in [-0.2, -0.15) is 0 Å². The Morgan fingerprint density at radius 2 is 1.73 bits per heavy atom. The van der Waals surface area contributed by atoms with Gasteiger partial charge < -0.3 is 25.3 Å². The van der Waals surface area contributed by atoms with E-state index < -0.39 is 17.8 Å². The Balaban J connectivity index is 1.39. The number of rotatable bonds is 11. The molecule has 0 aliphatic heterocycles. The van der Waals surface area contributed by atoms with Gasteiger partial charge in [0.25, 0.3) is 11.8 Å². The average Bonchev–Trinajstić information content (AvgIpc) is 3.47. The zero-order valence-corrected chi connectivity index (χ0v) is 23.9. The molecule has 1 saturated carbocycles. The molecule has 3 amide bonds. The van der Waals surface area contributed by atoms with Crippen molar-refractivity contribution >= 4 is 23.4 Å². The maximum atomic E-state index is 13.7. The van der Waals surface area contributed by atoms with Gasteiger partial charge in [-0.05, 0) is 61.7 Å². The standard InChI is InChI=1S/C32H39FN4O4/c1-21(20-34-26-14-8-12-24(19-26)32(40)37(2)3)35-30(38)27(17-22-9-5-4-6-10-22)36-31(39)29-16-15-28(41-29)23-11-7-13-25(33)18-23/h7-8,11-16,18-19,21-22,27,34H,4-6,9-10,17,20H2,1-3H3,(H,35,38)(H,36,39)/t21-,27-/m0/s1. The first-order valence-corrected chi connectivity index (χ1v) is 14.2. The van der Waals surface area contributed by atoms with Crippen molar-refractivity contribution in [3.05, 3.63) is 77.8 Å². The van der Waals surface area contributed by atoms with Crippen LogP contribution in [0.4, 0.5) is 10.1 Å². The summed E-state index contributed by atoms with van der Waals surface area (Å²) in [4.78, 5) is 40.4. The Kier molecular flexibility index (Phi) is 10.2. The number of hydrogen-bond acceptors (Lipinski definition) is 5. The van der Waals surface area contributed by atoms with Crippen molar-refractivity contribution in [1.82, 2.24) is 15.5 Å². The number of hydrogen-bond donors (Lipinski definition) is 3. The lowest BCUT2D eigenvalue weighted by molar-refractivity contribution is -0.124. The molecule has 9 heteroatoms. The third-order valence-corrected chi connectivity index (χ3v) is 7.37. The van der Waals surface area contributed by atoms with E-state index in [1.807, 2.05) is 19.1 Å². The van der Waals surface area contributed by atoms with Crippen LogP contribution in [0.25, 0.3) is 11.3 Å². The summed E-state index contributed by atoms with van der Waals surface area (Å²) in [6.45, 7) is 2.32. The highest BCUT2D eigenvalue weighted by Crippen LogP contribution is 2.28. The van der Waals surface area contributed by atoms with Crippen LogP contribution in [0.1, 0.15) is 66.4 Å². The lowest BCUT2D eigenvalue weighted by Crippen LogP contribution is -2.51. The van der Waals surface area contributed by atoms with Gasteiger partial charge in [-0.3, -0.25) is 14.4 Å². The number of nitrogens with one attached hydrogen (secondary N) is 3. The molecule has 4 rings (SSSR count). The summed E-state index contributed by atoms with van der Waals surface area (Å²) >= 11 is 0. The lowest BCUT2D eigenvalue weighted by Gasteiger charge is -2.27. The molecule has 1 aliphatic rings. The minimum Gasteiger partial charge on any atom is -0.451 e. The van der Waals surface area contributed by atoms with Crippen LogP contribution in [0.3, 0.4) is 0 Å². The average molecular weight is 563 g/mol. The van der Waals surface area contributed by atoms with E-state index in [4.69, 9.17) is 4.42 Å². The van der Waals surface area contributed by atoms with E-state index in [1.54, 1.807) is 44.4 Å². The van der Waals surface area contributed by atoms with Crippen molar-refractivity contribution in [2.75, 3.05) is 26.0 Å². The van der Waals surface area contributed by atoms with Crippen LogP contribution < -0.4 is 16.0 Å². The van der Waals surface area contributed by atoms with Gasteiger partial charge in [-0.1, -0.05) is 50.3 Å². The van der Waals surface area contributed by atoms with Gasteiger partial charge in [-0.15, -0.1) is 0 Å². The molecule has 2 aromatic carbocycles. The number of furan rings is 1. The highest BCUT2D eigenvalue weighted by molar-refractivity contribution is 5.96. The Labute approximate surface area is 240 Å². The quantitative estimate of drug-likeness (QED) is 0.287. The second kappa shape index (κ2) is 14.0. The molecule has 8 nitrogen and oxygen atoms in total. The summed E-state index contributed by atoms with van der Waals surface area (Å²) in [5.41, 5.74) is 1.88. The van der Waals surface area contributed by atoms with Crippen molar-refractivity contribution in [1.29, 1.82) is 0 Å². The molecule has 3 N–H and O–H groups in total. The molecule has 1 aliphatic carbocycles. The van der Waals surface area contributed by atoms with E-state index in [9.17, 15) is 18.8 Å². The van der Waals surface area contributed by atoms with E-state index in [2.05, 4.69) is 16.0 Å². The Hall–Kier alpha value is -4.14. The predicted octanol–water partition coefficient (Wildman–Crippen LogP) is 5.47. The van der Waals surface area contributed by atoms with Crippen LogP contribution in [0, 0.1) is 11.7 Å². The van der Waals surface area contributed by atoms with E-state index in [1.165, 1.54) is 29.5 Å². The highest BCUT2D eigenvalue weighted by Gasteiger charge is 2.28. The van der Waals surface area contributed by atoms with Crippen LogP contribution in [-0.2, 0) is 4.79 Å². The molecule has 2 atom stereocenters. The normalized spacial score (nSPS) is 15.0. The van der Waals surface area contributed by atoms with Crippen molar-refractivity contribution < 1.29 is 23.2 Å². The van der Waals surface area contributed by atoms with Crippen LogP contribution in [0.5, 0.6) is 0 Å². The molecule has 3 aromatic rings.